The lowest BCUT2D eigenvalue weighted by molar-refractivity contribution is 0.102. The van der Waals surface area contributed by atoms with Crippen molar-refractivity contribution in [1.29, 1.82) is 0 Å². The van der Waals surface area contributed by atoms with E-state index in [2.05, 4.69) is 26.1 Å². The fraction of sp³-hybridized carbons (Fsp3) is 0.941. The predicted octanol–water partition coefficient (Wildman–Crippen LogP) is 5.43. The first-order valence-corrected chi connectivity index (χ1v) is 8.42. The van der Waals surface area contributed by atoms with E-state index < -0.39 is 0 Å². The molecule has 1 unspecified atom stereocenters. The minimum Gasteiger partial charge on any atom is -0.447 e. The molecule has 1 N–H and O–H groups in total. The minimum atomic E-state index is -0.271. The Labute approximate surface area is 125 Å². The Morgan fingerprint density at radius 1 is 1.00 bits per heavy atom. The van der Waals surface area contributed by atoms with Crippen molar-refractivity contribution >= 4 is 6.09 Å². The van der Waals surface area contributed by atoms with Crippen LogP contribution in [0.2, 0.25) is 0 Å². The summed E-state index contributed by atoms with van der Waals surface area (Å²) in [5.74, 6) is 0. The zero-order chi connectivity index (χ0) is 15.4. The summed E-state index contributed by atoms with van der Waals surface area (Å²) in [5, 5.41) is 3.09. The van der Waals surface area contributed by atoms with Crippen molar-refractivity contribution < 1.29 is 9.53 Å². The van der Waals surface area contributed by atoms with Gasteiger partial charge in [0.15, 0.2) is 0 Å². The van der Waals surface area contributed by atoms with Crippen LogP contribution in [-0.4, -0.2) is 17.7 Å². The molecule has 0 aliphatic rings. The zero-order valence-corrected chi connectivity index (χ0v) is 14.3. The number of carbonyl (C=O) groups excluding carboxylic acids is 1. The summed E-state index contributed by atoms with van der Waals surface area (Å²) in [6.07, 6.45) is 10.4. The highest BCUT2D eigenvalue weighted by Gasteiger charge is 2.26. The van der Waals surface area contributed by atoms with Crippen LogP contribution < -0.4 is 5.32 Å². The normalized spacial score (nSPS) is 14.1. The molecule has 1 atom stereocenters. The van der Waals surface area contributed by atoms with Gasteiger partial charge in [-0.05, 0) is 33.6 Å². The molecule has 0 aliphatic carbocycles. The van der Waals surface area contributed by atoms with E-state index in [1.165, 1.54) is 32.1 Å². The van der Waals surface area contributed by atoms with Crippen LogP contribution in [0.3, 0.4) is 0 Å². The molecule has 0 saturated carbocycles. The second-order valence-corrected chi connectivity index (χ2v) is 6.41. The van der Waals surface area contributed by atoms with Crippen LogP contribution in [-0.2, 0) is 4.74 Å². The number of hydrogen-bond acceptors (Lipinski definition) is 2. The maximum absolute atomic E-state index is 11.8. The number of ether oxygens (including phenoxy) is 1. The average Bonchev–Trinajstić information content (AvgIpc) is 2.35. The fourth-order valence-corrected chi connectivity index (χ4v) is 2.43. The van der Waals surface area contributed by atoms with Gasteiger partial charge in [-0.2, -0.15) is 0 Å². The van der Waals surface area contributed by atoms with Crippen molar-refractivity contribution in [2.45, 2.75) is 104 Å². The smallest absolute Gasteiger partial charge is 0.407 e. The Hall–Kier alpha value is -0.730. The third kappa shape index (κ3) is 10.1. The first kappa shape index (κ1) is 19.3. The SMILES string of the molecule is CCCCCCCC(C)(CCCC)NC(=O)OC(C)C. The van der Waals surface area contributed by atoms with Gasteiger partial charge in [-0.1, -0.05) is 58.8 Å². The quantitative estimate of drug-likeness (QED) is 0.514. The fourth-order valence-electron chi connectivity index (χ4n) is 2.43. The lowest BCUT2D eigenvalue weighted by Crippen LogP contribution is -2.46. The van der Waals surface area contributed by atoms with E-state index in [0.29, 0.717) is 0 Å². The minimum absolute atomic E-state index is 0.0602. The van der Waals surface area contributed by atoms with Crippen LogP contribution in [0, 0.1) is 0 Å². The molecule has 0 aromatic rings. The third-order valence-electron chi connectivity index (χ3n) is 3.66. The van der Waals surface area contributed by atoms with Gasteiger partial charge in [-0.3, -0.25) is 0 Å². The first-order valence-electron chi connectivity index (χ1n) is 8.42. The summed E-state index contributed by atoms with van der Waals surface area (Å²) in [7, 11) is 0. The molecule has 0 saturated heterocycles. The van der Waals surface area contributed by atoms with E-state index in [1.54, 1.807) is 0 Å². The van der Waals surface area contributed by atoms with Crippen LogP contribution >= 0.6 is 0 Å². The second kappa shape index (κ2) is 11.0. The number of carbonyl (C=O) groups is 1. The van der Waals surface area contributed by atoms with Crippen molar-refractivity contribution in [2.24, 2.45) is 0 Å². The van der Waals surface area contributed by atoms with E-state index in [4.69, 9.17) is 4.74 Å². The molecule has 0 bridgehead atoms. The van der Waals surface area contributed by atoms with Crippen molar-refractivity contribution in [3.05, 3.63) is 0 Å². The summed E-state index contributed by atoms with van der Waals surface area (Å²) >= 11 is 0. The Morgan fingerprint density at radius 2 is 1.55 bits per heavy atom. The van der Waals surface area contributed by atoms with Gasteiger partial charge >= 0.3 is 6.09 Å². The van der Waals surface area contributed by atoms with Crippen LogP contribution in [0.4, 0.5) is 4.79 Å². The maximum atomic E-state index is 11.8. The molecule has 3 heteroatoms. The van der Waals surface area contributed by atoms with Crippen molar-refractivity contribution in [3.8, 4) is 0 Å². The van der Waals surface area contributed by atoms with Gasteiger partial charge in [-0.25, -0.2) is 4.79 Å². The van der Waals surface area contributed by atoms with Gasteiger partial charge in [0, 0.05) is 5.54 Å². The van der Waals surface area contributed by atoms with Crippen LogP contribution in [0.1, 0.15) is 92.4 Å². The topological polar surface area (TPSA) is 38.3 Å². The molecule has 0 fully saturated rings. The first-order chi connectivity index (χ1) is 9.43. The molecule has 1 amide bonds. The Morgan fingerprint density at radius 3 is 2.10 bits per heavy atom. The lowest BCUT2D eigenvalue weighted by Gasteiger charge is -2.31. The summed E-state index contributed by atoms with van der Waals surface area (Å²) in [6.45, 7) is 10.3. The Balaban J connectivity index is 4.23. The van der Waals surface area contributed by atoms with Gasteiger partial charge in [0.25, 0.3) is 0 Å². The maximum Gasteiger partial charge on any atom is 0.407 e. The monoisotopic (exact) mass is 285 g/mol. The number of hydrogen-bond donors (Lipinski definition) is 1. The summed E-state index contributed by atoms with van der Waals surface area (Å²) in [5.41, 5.74) is -0.117. The average molecular weight is 285 g/mol. The highest BCUT2D eigenvalue weighted by molar-refractivity contribution is 5.68. The molecular weight excluding hydrogens is 250 g/mol. The Kier molecular flexibility index (Phi) is 10.6. The van der Waals surface area contributed by atoms with Crippen LogP contribution in [0.25, 0.3) is 0 Å². The molecule has 0 aromatic carbocycles. The number of rotatable bonds is 11. The van der Waals surface area contributed by atoms with E-state index in [1.807, 2.05) is 13.8 Å². The predicted molar refractivity (Wildman–Crippen MR) is 86.1 cm³/mol. The summed E-state index contributed by atoms with van der Waals surface area (Å²) in [6, 6.07) is 0. The third-order valence-corrected chi connectivity index (χ3v) is 3.66. The van der Waals surface area contributed by atoms with Crippen LogP contribution in [0.15, 0.2) is 0 Å². The van der Waals surface area contributed by atoms with Gasteiger partial charge in [0.2, 0.25) is 0 Å². The molecule has 0 spiro atoms. The van der Waals surface area contributed by atoms with Crippen LogP contribution in [0.5, 0.6) is 0 Å². The molecule has 0 aromatic heterocycles. The van der Waals surface area contributed by atoms with Gasteiger partial charge in [-0.15, -0.1) is 0 Å². The van der Waals surface area contributed by atoms with E-state index in [9.17, 15) is 4.79 Å². The lowest BCUT2D eigenvalue weighted by atomic mass is 9.88. The van der Waals surface area contributed by atoms with E-state index in [0.717, 1.165) is 25.7 Å². The molecule has 120 valence electrons. The molecule has 20 heavy (non-hydrogen) atoms. The van der Waals surface area contributed by atoms with Gasteiger partial charge < -0.3 is 10.1 Å². The largest absolute Gasteiger partial charge is 0.447 e. The number of nitrogens with one attached hydrogen (secondary N) is 1. The van der Waals surface area contributed by atoms with E-state index in [-0.39, 0.29) is 17.7 Å². The molecule has 0 aliphatic heterocycles. The number of unbranched alkanes of at least 4 members (excludes halogenated alkanes) is 5. The van der Waals surface area contributed by atoms with Crippen molar-refractivity contribution in [1.82, 2.24) is 5.32 Å². The highest BCUT2D eigenvalue weighted by atomic mass is 16.6. The molecule has 0 radical (unpaired) electrons. The van der Waals surface area contributed by atoms with Gasteiger partial charge in [0.05, 0.1) is 6.10 Å². The summed E-state index contributed by atoms with van der Waals surface area (Å²) in [4.78, 5) is 11.8. The van der Waals surface area contributed by atoms with Crippen molar-refractivity contribution in [2.75, 3.05) is 0 Å². The molecular formula is C17H35NO2. The van der Waals surface area contributed by atoms with Gasteiger partial charge in [0.1, 0.15) is 0 Å². The highest BCUT2D eigenvalue weighted by Crippen LogP contribution is 2.22. The number of alkyl carbamates (subject to hydrolysis) is 1. The van der Waals surface area contributed by atoms with E-state index >= 15 is 0 Å². The second-order valence-electron chi connectivity index (χ2n) is 6.41. The molecule has 3 nitrogen and oxygen atoms in total. The molecule has 0 rings (SSSR count). The van der Waals surface area contributed by atoms with Crippen molar-refractivity contribution in [3.63, 3.8) is 0 Å². The standard InChI is InChI=1S/C17H35NO2/c1-6-8-10-11-12-14-17(5,13-9-7-2)18-16(19)20-15(3)4/h15H,6-14H2,1-5H3,(H,18,19). The summed E-state index contributed by atoms with van der Waals surface area (Å²) < 4.78 is 5.22. The zero-order valence-electron chi connectivity index (χ0n) is 14.3. The Bertz CT molecular complexity index is 253. The molecule has 0 heterocycles. The number of amides is 1.